The van der Waals surface area contributed by atoms with Gasteiger partial charge in [-0.3, -0.25) is 4.79 Å². The molecule has 1 aromatic heterocycles. The summed E-state index contributed by atoms with van der Waals surface area (Å²) in [5.74, 6) is 0.285. The number of likely N-dealkylation sites (tertiary alicyclic amines) is 1. The molecule has 1 aliphatic rings. The summed E-state index contributed by atoms with van der Waals surface area (Å²) in [6.45, 7) is 2.59. The van der Waals surface area contributed by atoms with Crippen molar-refractivity contribution < 1.29 is 14.3 Å². The van der Waals surface area contributed by atoms with Gasteiger partial charge in [-0.25, -0.2) is 4.79 Å². The van der Waals surface area contributed by atoms with Gasteiger partial charge >= 0.3 is 6.03 Å². The maximum Gasteiger partial charge on any atom is 0.322 e. The van der Waals surface area contributed by atoms with E-state index in [2.05, 4.69) is 20.8 Å². The van der Waals surface area contributed by atoms with Gasteiger partial charge in [-0.15, -0.1) is 10.2 Å². The van der Waals surface area contributed by atoms with Crippen LogP contribution in [0.4, 0.5) is 16.2 Å². The average Bonchev–Trinajstić information content (AvgIpc) is 3.45. The molecule has 1 saturated heterocycles. The highest BCUT2D eigenvalue weighted by molar-refractivity contribution is 7.13. The highest BCUT2D eigenvalue weighted by atomic mass is 32.1. The van der Waals surface area contributed by atoms with Crippen LogP contribution in [-0.4, -0.2) is 40.7 Å². The normalized spacial score (nSPS) is 15.5. The molecule has 0 unspecified atom stereocenters. The number of urea groups is 1. The monoisotopic (exact) mass is 437 g/mol. The summed E-state index contributed by atoms with van der Waals surface area (Å²) >= 11 is 1.22. The number of aromatic nitrogens is 2. The number of methoxy groups -OCH3 is 1. The molecule has 3 aromatic rings. The second-order valence-electron chi connectivity index (χ2n) is 7.25. The minimum absolute atomic E-state index is 0.215. The van der Waals surface area contributed by atoms with Gasteiger partial charge in [0, 0.05) is 12.2 Å². The first-order valence-electron chi connectivity index (χ1n) is 9.97. The lowest BCUT2D eigenvalue weighted by molar-refractivity contribution is 0.102. The molecule has 2 aromatic carbocycles. The fourth-order valence-corrected chi connectivity index (χ4v) is 4.37. The number of nitrogens with zero attached hydrogens (tertiary/aromatic N) is 3. The van der Waals surface area contributed by atoms with E-state index < -0.39 is 0 Å². The lowest BCUT2D eigenvalue weighted by Gasteiger charge is -2.23. The molecular formula is C22H23N5O3S. The number of nitrogens with one attached hydrogen (secondary N) is 2. The molecule has 31 heavy (non-hydrogen) atoms. The minimum Gasteiger partial charge on any atom is -0.495 e. The van der Waals surface area contributed by atoms with Crippen LogP contribution < -0.4 is 15.4 Å². The van der Waals surface area contributed by atoms with Crippen LogP contribution in [0.5, 0.6) is 5.75 Å². The van der Waals surface area contributed by atoms with Crippen molar-refractivity contribution in [3.05, 3.63) is 64.1 Å². The summed E-state index contributed by atoms with van der Waals surface area (Å²) in [5.41, 5.74) is 2.42. The molecule has 0 aliphatic carbocycles. The Bertz CT molecular complexity index is 1080. The molecule has 160 valence electrons. The van der Waals surface area contributed by atoms with Crippen molar-refractivity contribution in [3.8, 4) is 5.75 Å². The predicted molar refractivity (Wildman–Crippen MR) is 120 cm³/mol. The van der Waals surface area contributed by atoms with Gasteiger partial charge in [0.2, 0.25) is 5.01 Å². The van der Waals surface area contributed by atoms with E-state index in [-0.39, 0.29) is 23.0 Å². The Morgan fingerprint density at radius 1 is 1.10 bits per heavy atom. The van der Waals surface area contributed by atoms with E-state index in [1.54, 1.807) is 24.1 Å². The highest BCUT2D eigenvalue weighted by Crippen LogP contribution is 2.35. The van der Waals surface area contributed by atoms with Crippen LogP contribution in [0, 0.1) is 6.92 Å². The first-order chi connectivity index (χ1) is 15.0. The molecule has 3 amide bonds. The van der Waals surface area contributed by atoms with Crippen molar-refractivity contribution in [2.45, 2.75) is 25.8 Å². The van der Waals surface area contributed by atoms with Crippen LogP contribution in [0.25, 0.3) is 0 Å². The lowest BCUT2D eigenvalue weighted by atomic mass is 10.2. The van der Waals surface area contributed by atoms with Crippen LogP contribution in [0.2, 0.25) is 0 Å². The van der Waals surface area contributed by atoms with E-state index in [1.807, 2.05) is 43.3 Å². The summed E-state index contributed by atoms with van der Waals surface area (Å²) in [5, 5.41) is 14.9. The lowest BCUT2D eigenvalue weighted by Crippen LogP contribution is -2.34. The topological polar surface area (TPSA) is 96.4 Å². The predicted octanol–water partition coefficient (Wildman–Crippen LogP) is 4.48. The highest BCUT2D eigenvalue weighted by Gasteiger charge is 2.33. The van der Waals surface area contributed by atoms with Gasteiger partial charge in [0.15, 0.2) is 0 Å². The molecule has 0 bridgehead atoms. The van der Waals surface area contributed by atoms with Crippen molar-refractivity contribution >= 4 is 34.6 Å². The van der Waals surface area contributed by atoms with E-state index in [1.165, 1.54) is 11.3 Å². The molecule has 1 fully saturated rings. The zero-order valence-electron chi connectivity index (χ0n) is 17.3. The Kier molecular flexibility index (Phi) is 6.13. The minimum atomic E-state index is -0.310. The summed E-state index contributed by atoms with van der Waals surface area (Å²) in [6, 6.07) is 14.4. The van der Waals surface area contributed by atoms with Gasteiger partial charge in [0.25, 0.3) is 5.91 Å². The number of carbonyl (C=O) groups excluding carboxylic acids is 2. The van der Waals surface area contributed by atoms with Crippen molar-refractivity contribution in [2.24, 2.45) is 0 Å². The van der Waals surface area contributed by atoms with E-state index in [4.69, 9.17) is 4.74 Å². The van der Waals surface area contributed by atoms with Gasteiger partial charge in [-0.2, -0.15) is 0 Å². The average molecular weight is 438 g/mol. The number of para-hydroxylation sites is 2. The molecule has 0 spiro atoms. The molecule has 2 heterocycles. The van der Waals surface area contributed by atoms with E-state index in [0.717, 1.165) is 18.4 Å². The Balaban J connectivity index is 1.45. The molecule has 0 radical (unpaired) electrons. The van der Waals surface area contributed by atoms with E-state index in [9.17, 15) is 9.59 Å². The Morgan fingerprint density at radius 3 is 2.65 bits per heavy atom. The fraction of sp³-hybridized carbons (Fsp3) is 0.273. The first kappa shape index (κ1) is 20.8. The largest absolute Gasteiger partial charge is 0.495 e. The van der Waals surface area contributed by atoms with Crippen molar-refractivity contribution in [1.29, 1.82) is 0 Å². The molecule has 9 heteroatoms. The Hall–Kier alpha value is -3.46. The Morgan fingerprint density at radius 2 is 1.87 bits per heavy atom. The molecule has 2 N–H and O–H groups in total. The van der Waals surface area contributed by atoms with Crippen LogP contribution in [0.3, 0.4) is 0 Å². The smallest absolute Gasteiger partial charge is 0.322 e. The molecule has 8 nitrogen and oxygen atoms in total. The molecule has 1 aliphatic heterocycles. The first-order valence-corrected chi connectivity index (χ1v) is 10.8. The second-order valence-corrected chi connectivity index (χ2v) is 8.26. The third kappa shape index (κ3) is 4.66. The SMILES string of the molecule is COc1ccccc1NC(=O)N1CCC[C@H]1c1nnc(C(=O)Nc2ccc(C)cc2)s1. The van der Waals surface area contributed by atoms with Crippen molar-refractivity contribution in [1.82, 2.24) is 15.1 Å². The summed E-state index contributed by atoms with van der Waals surface area (Å²) in [6.07, 6.45) is 1.63. The number of aryl methyl sites for hydroxylation is 1. The van der Waals surface area contributed by atoms with Crippen LogP contribution in [0.1, 0.15) is 39.3 Å². The number of anilines is 2. The fourth-order valence-electron chi connectivity index (χ4n) is 3.48. The zero-order chi connectivity index (χ0) is 21.8. The third-order valence-electron chi connectivity index (χ3n) is 5.09. The number of hydrogen-bond acceptors (Lipinski definition) is 6. The zero-order valence-corrected chi connectivity index (χ0v) is 18.1. The van der Waals surface area contributed by atoms with Crippen LogP contribution in [0.15, 0.2) is 48.5 Å². The molecule has 0 saturated carbocycles. The molecule has 4 rings (SSSR count). The number of hydrogen-bond donors (Lipinski definition) is 2. The van der Waals surface area contributed by atoms with Crippen molar-refractivity contribution in [3.63, 3.8) is 0 Å². The van der Waals surface area contributed by atoms with Gasteiger partial charge in [-0.1, -0.05) is 41.2 Å². The van der Waals surface area contributed by atoms with Crippen molar-refractivity contribution in [2.75, 3.05) is 24.3 Å². The maximum atomic E-state index is 12.9. The second kappa shape index (κ2) is 9.13. The summed E-state index contributed by atoms with van der Waals surface area (Å²) < 4.78 is 5.31. The quantitative estimate of drug-likeness (QED) is 0.614. The number of rotatable bonds is 5. The maximum absolute atomic E-state index is 12.9. The van der Waals surface area contributed by atoms with Gasteiger partial charge in [0.1, 0.15) is 10.8 Å². The molecular weight excluding hydrogens is 414 g/mol. The third-order valence-corrected chi connectivity index (χ3v) is 6.11. The van der Waals surface area contributed by atoms with Crippen LogP contribution >= 0.6 is 11.3 Å². The number of benzene rings is 2. The summed E-state index contributed by atoms with van der Waals surface area (Å²) in [4.78, 5) is 27.2. The van der Waals surface area contributed by atoms with E-state index in [0.29, 0.717) is 28.7 Å². The number of carbonyl (C=O) groups is 2. The van der Waals surface area contributed by atoms with Crippen LogP contribution in [-0.2, 0) is 0 Å². The van der Waals surface area contributed by atoms with E-state index >= 15 is 0 Å². The Labute approximate surface area is 184 Å². The molecule has 1 atom stereocenters. The van der Waals surface area contributed by atoms with Gasteiger partial charge in [-0.05, 0) is 44.0 Å². The number of amides is 3. The standard InChI is InChI=1S/C22H23N5O3S/c1-14-9-11-15(12-10-14)23-19(28)21-26-25-20(31-21)17-7-5-13-27(17)22(29)24-16-6-3-4-8-18(16)30-2/h3-4,6,8-12,17H,5,7,13H2,1-2H3,(H,23,28)(H,24,29)/t17-/m0/s1. The summed E-state index contributed by atoms with van der Waals surface area (Å²) in [7, 11) is 1.56. The number of ether oxygens (including phenoxy) is 1. The van der Waals surface area contributed by atoms with Gasteiger partial charge < -0.3 is 20.3 Å². The van der Waals surface area contributed by atoms with Gasteiger partial charge in [0.05, 0.1) is 18.8 Å².